The van der Waals surface area contributed by atoms with Crippen LogP contribution in [0.3, 0.4) is 0 Å². The van der Waals surface area contributed by atoms with Gasteiger partial charge in [-0.05, 0) is 73.5 Å². The molecule has 1 amide bonds. The summed E-state index contributed by atoms with van der Waals surface area (Å²) in [5.74, 6) is 1.53. The summed E-state index contributed by atoms with van der Waals surface area (Å²) in [4.78, 5) is 17.4. The molecular weight excluding hydrogens is 436 g/mol. The van der Waals surface area contributed by atoms with Gasteiger partial charge in [-0.25, -0.2) is 0 Å². The standard InChI is InChI=1S/C27H29ClN2O3/c1-19-7-9-25(15-20(19)2)33-18-22-16-21(8-10-26(22)32-3)27(31)30-13-11-29(12-14-30)24-6-4-5-23(28)17-24/h4-10,15-17H,11-14,18H2,1-3H3. The van der Waals surface area contributed by atoms with E-state index in [2.05, 4.69) is 24.8 Å². The first-order chi connectivity index (χ1) is 15.9. The Kier molecular flexibility index (Phi) is 7.09. The fraction of sp³-hybridized carbons (Fsp3) is 0.296. The second kappa shape index (κ2) is 10.2. The van der Waals surface area contributed by atoms with Crippen molar-refractivity contribution in [2.45, 2.75) is 20.5 Å². The van der Waals surface area contributed by atoms with Crippen LogP contribution in [-0.4, -0.2) is 44.1 Å². The van der Waals surface area contributed by atoms with Crippen LogP contribution in [-0.2, 0) is 6.61 Å². The number of piperazine rings is 1. The first kappa shape index (κ1) is 23.0. The van der Waals surface area contributed by atoms with E-state index in [-0.39, 0.29) is 5.91 Å². The summed E-state index contributed by atoms with van der Waals surface area (Å²) in [6.07, 6.45) is 0. The molecule has 1 fully saturated rings. The number of hydrogen-bond donors (Lipinski definition) is 0. The highest BCUT2D eigenvalue weighted by molar-refractivity contribution is 6.30. The highest BCUT2D eigenvalue weighted by Crippen LogP contribution is 2.25. The summed E-state index contributed by atoms with van der Waals surface area (Å²) in [5.41, 5.74) is 4.98. The molecule has 0 unspecified atom stereocenters. The average Bonchev–Trinajstić information content (AvgIpc) is 2.84. The highest BCUT2D eigenvalue weighted by Gasteiger charge is 2.23. The summed E-state index contributed by atoms with van der Waals surface area (Å²) >= 11 is 6.13. The Labute approximate surface area is 200 Å². The molecule has 6 heteroatoms. The second-order valence-electron chi connectivity index (χ2n) is 8.32. The molecule has 1 aliphatic rings. The normalized spacial score (nSPS) is 13.7. The van der Waals surface area contributed by atoms with E-state index < -0.39 is 0 Å². The van der Waals surface area contributed by atoms with Crippen LogP contribution in [0.5, 0.6) is 11.5 Å². The molecule has 0 atom stereocenters. The highest BCUT2D eigenvalue weighted by atomic mass is 35.5. The average molecular weight is 465 g/mol. The first-order valence-corrected chi connectivity index (χ1v) is 11.5. The van der Waals surface area contributed by atoms with E-state index in [1.54, 1.807) is 7.11 Å². The number of anilines is 1. The number of rotatable bonds is 6. The Hall–Kier alpha value is -3.18. The summed E-state index contributed by atoms with van der Waals surface area (Å²) in [6, 6.07) is 19.4. The van der Waals surface area contributed by atoms with E-state index in [1.807, 2.05) is 59.5 Å². The van der Waals surface area contributed by atoms with Crippen LogP contribution >= 0.6 is 11.6 Å². The number of ether oxygens (including phenoxy) is 2. The molecule has 3 aromatic rings. The maximum absolute atomic E-state index is 13.2. The van der Waals surface area contributed by atoms with Crippen molar-refractivity contribution in [3.05, 3.63) is 87.9 Å². The Morgan fingerprint density at radius 3 is 2.42 bits per heavy atom. The first-order valence-electron chi connectivity index (χ1n) is 11.1. The quantitative estimate of drug-likeness (QED) is 0.482. The minimum absolute atomic E-state index is 0.0239. The number of carbonyl (C=O) groups is 1. The van der Waals surface area contributed by atoms with E-state index >= 15 is 0 Å². The zero-order valence-electron chi connectivity index (χ0n) is 19.3. The van der Waals surface area contributed by atoms with Crippen molar-refractivity contribution < 1.29 is 14.3 Å². The van der Waals surface area contributed by atoms with Crippen molar-refractivity contribution in [3.8, 4) is 11.5 Å². The molecule has 172 valence electrons. The molecule has 0 radical (unpaired) electrons. The zero-order valence-corrected chi connectivity index (χ0v) is 20.1. The predicted molar refractivity (Wildman–Crippen MR) is 133 cm³/mol. The van der Waals surface area contributed by atoms with Gasteiger partial charge in [0.1, 0.15) is 18.1 Å². The van der Waals surface area contributed by atoms with Crippen molar-refractivity contribution in [2.24, 2.45) is 0 Å². The van der Waals surface area contributed by atoms with E-state index in [9.17, 15) is 4.79 Å². The molecule has 0 spiro atoms. The Balaban J connectivity index is 1.43. The lowest BCUT2D eigenvalue weighted by Crippen LogP contribution is -2.48. The Morgan fingerprint density at radius 1 is 0.939 bits per heavy atom. The van der Waals surface area contributed by atoms with Gasteiger partial charge in [-0.2, -0.15) is 0 Å². The third-order valence-corrected chi connectivity index (χ3v) is 6.38. The number of halogens is 1. The second-order valence-corrected chi connectivity index (χ2v) is 8.76. The van der Waals surface area contributed by atoms with Crippen molar-refractivity contribution >= 4 is 23.2 Å². The maximum atomic E-state index is 13.2. The van der Waals surface area contributed by atoms with Crippen LogP contribution in [0.4, 0.5) is 5.69 Å². The van der Waals surface area contributed by atoms with Crippen molar-refractivity contribution in [2.75, 3.05) is 38.2 Å². The summed E-state index contributed by atoms with van der Waals surface area (Å²) in [5, 5.41) is 0.722. The lowest BCUT2D eigenvalue weighted by atomic mass is 10.1. The third-order valence-electron chi connectivity index (χ3n) is 6.14. The molecule has 1 saturated heterocycles. The number of hydrogen-bond acceptors (Lipinski definition) is 4. The fourth-order valence-corrected chi connectivity index (χ4v) is 4.20. The molecule has 0 aromatic heterocycles. The number of benzene rings is 3. The van der Waals surface area contributed by atoms with Gasteiger partial charge in [-0.15, -0.1) is 0 Å². The minimum atomic E-state index is 0.0239. The van der Waals surface area contributed by atoms with Gasteiger partial charge in [-0.1, -0.05) is 23.7 Å². The monoisotopic (exact) mass is 464 g/mol. The van der Waals surface area contributed by atoms with Gasteiger partial charge in [0.15, 0.2) is 0 Å². The smallest absolute Gasteiger partial charge is 0.253 e. The van der Waals surface area contributed by atoms with Gasteiger partial charge >= 0.3 is 0 Å². The topological polar surface area (TPSA) is 42.0 Å². The Bertz CT molecular complexity index is 1140. The van der Waals surface area contributed by atoms with E-state index in [0.29, 0.717) is 31.0 Å². The molecule has 5 nitrogen and oxygen atoms in total. The fourth-order valence-electron chi connectivity index (χ4n) is 4.01. The summed E-state index contributed by atoms with van der Waals surface area (Å²) in [6.45, 7) is 7.32. The van der Waals surface area contributed by atoms with Crippen molar-refractivity contribution in [3.63, 3.8) is 0 Å². The van der Waals surface area contributed by atoms with E-state index in [4.69, 9.17) is 21.1 Å². The largest absolute Gasteiger partial charge is 0.496 e. The predicted octanol–water partition coefficient (Wildman–Crippen LogP) is 5.51. The number of methoxy groups -OCH3 is 1. The summed E-state index contributed by atoms with van der Waals surface area (Å²) < 4.78 is 11.5. The van der Waals surface area contributed by atoms with Crippen LogP contribution in [0.25, 0.3) is 0 Å². The molecule has 33 heavy (non-hydrogen) atoms. The molecule has 1 heterocycles. The molecule has 3 aromatic carbocycles. The zero-order chi connectivity index (χ0) is 23.4. The summed E-state index contributed by atoms with van der Waals surface area (Å²) in [7, 11) is 1.63. The van der Waals surface area contributed by atoms with Gasteiger partial charge in [0.05, 0.1) is 7.11 Å². The SMILES string of the molecule is COc1ccc(C(=O)N2CCN(c3cccc(Cl)c3)CC2)cc1COc1ccc(C)c(C)c1. The number of aryl methyl sites for hydroxylation is 2. The molecule has 0 N–H and O–H groups in total. The van der Waals surface area contributed by atoms with Gasteiger partial charge in [0.2, 0.25) is 0 Å². The third kappa shape index (κ3) is 5.42. The van der Waals surface area contributed by atoms with Gasteiger partial charge < -0.3 is 19.3 Å². The van der Waals surface area contributed by atoms with Gasteiger partial charge in [0, 0.05) is 48.0 Å². The minimum Gasteiger partial charge on any atom is -0.496 e. The van der Waals surface area contributed by atoms with Crippen LogP contribution < -0.4 is 14.4 Å². The molecular formula is C27H29ClN2O3. The van der Waals surface area contributed by atoms with Crippen LogP contribution in [0.2, 0.25) is 5.02 Å². The molecule has 0 saturated carbocycles. The molecule has 4 rings (SSSR count). The lowest BCUT2D eigenvalue weighted by Gasteiger charge is -2.36. The van der Waals surface area contributed by atoms with E-state index in [1.165, 1.54) is 11.1 Å². The van der Waals surface area contributed by atoms with Crippen molar-refractivity contribution in [1.82, 2.24) is 4.90 Å². The lowest BCUT2D eigenvalue weighted by molar-refractivity contribution is 0.0746. The van der Waals surface area contributed by atoms with Crippen LogP contribution in [0.1, 0.15) is 27.0 Å². The van der Waals surface area contributed by atoms with Gasteiger partial charge in [0.25, 0.3) is 5.91 Å². The number of nitrogens with zero attached hydrogens (tertiary/aromatic N) is 2. The molecule has 0 bridgehead atoms. The van der Waals surface area contributed by atoms with Gasteiger partial charge in [-0.3, -0.25) is 4.79 Å². The molecule has 0 aliphatic carbocycles. The van der Waals surface area contributed by atoms with E-state index in [0.717, 1.165) is 35.1 Å². The number of amides is 1. The Morgan fingerprint density at radius 2 is 1.73 bits per heavy atom. The number of carbonyl (C=O) groups excluding carboxylic acids is 1. The van der Waals surface area contributed by atoms with Crippen LogP contribution in [0.15, 0.2) is 60.7 Å². The van der Waals surface area contributed by atoms with Crippen molar-refractivity contribution in [1.29, 1.82) is 0 Å². The maximum Gasteiger partial charge on any atom is 0.253 e. The molecule has 1 aliphatic heterocycles. The van der Waals surface area contributed by atoms with Crippen LogP contribution in [0, 0.1) is 13.8 Å².